The van der Waals surface area contributed by atoms with Gasteiger partial charge in [-0.25, -0.2) is 4.79 Å². The number of carbonyl (C=O) groups is 1. The monoisotopic (exact) mass is 714 g/mol. The highest BCUT2D eigenvalue weighted by molar-refractivity contribution is 7.10. The van der Waals surface area contributed by atoms with Crippen molar-refractivity contribution in [1.82, 2.24) is 19.4 Å². The second-order valence-electron chi connectivity index (χ2n) is 13.9. The Morgan fingerprint density at radius 3 is 2.69 bits per heavy atom. The van der Waals surface area contributed by atoms with Crippen molar-refractivity contribution in [3.63, 3.8) is 0 Å². The summed E-state index contributed by atoms with van der Waals surface area (Å²) >= 11 is 7.28. The minimum atomic E-state index is -0.913. The Balaban J connectivity index is 1.11. The summed E-state index contributed by atoms with van der Waals surface area (Å²) in [6.45, 7) is 11.8. The quantitative estimate of drug-likeness (QED) is 0.223. The molecule has 3 saturated heterocycles. The van der Waals surface area contributed by atoms with Crippen LogP contribution in [0.4, 0.5) is 4.79 Å². The summed E-state index contributed by atoms with van der Waals surface area (Å²) in [5.74, 6) is 2.66. The molecule has 4 aliphatic heterocycles. The molecule has 7 rings (SSSR count). The number of benzene rings is 2. The Morgan fingerprint density at radius 2 is 1.92 bits per heavy atom. The molecule has 0 radical (unpaired) electrons. The van der Waals surface area contributed by atoms with E-state index in [2.05, 4.69) is 34.4 Å². The molecule has 0 spiro atoms. The normalized spacial score (nSPS) is 25.4. The van der Waals surface area contributed by atoms with Crippen molar-refractivity contribution in [1.29, 1.82) is 0 Å². The zero-order valence-electron chi connectivity index (χ0n) is 28.2. The fourth-order valence-corrected chi connectivity index (χ4v) is 7.81. The van der Waals surface area contributed by atoms with Gasteiger partial charge in [0, 0.05) is 31.2 Å². The summed E-state index contributed by atoms with van der Waals surface area (Å²) in [6.07, 6.45) is -0.0175. The van der Waals surface area contributed by atoms with Crippen molar-refractivity contribution < 1.29 is 38.0 Å². The maximum Gasteiger partial charge on any atom is 0.412 e. The van der Waals surface area contributed by atoms with Crippen LogP contribution in [0.1, 0.15) is 50.9 Å². The van der Waals surface area contributed by atoms with Gasteiger partial charge in [-0.2, -0.15) is 0 Å². The first-order valence-corrected chi connectivity index (χ1v) is 18.0. The Hall–Kier alpha value is -3.20. The zero-order chi connectivity index (χ0) is 34.1. The molecule has 5 heterocycles. The standard InChI is InChI=1S/C35H43ClN4O8S/c1-21(2)15-39(16-23-7-10-28-29(14-23)46-20-45-28)17-30-27(13-22-5-8-24(9-6-22)43-18-26-32(36)49-38-37-26)40(35(3,4)48-30)34(41)47-31-19-44-33-25(31)11-12-42-33/h5-10,14,21,25,27,30-31,33H,11-13,15-20H2,1-4H3/t25-,27-,30+,31-,33+/m0/s1. The largest absolute Gasteiger partial charge is 0.487 e. The fraction of sp³-hybridized carbons (Fsp3) is 0.571. The van der Waals surface area contributed by atoms with Crippen LogP contribution >= 0.6 is 23.1 Å². The van der Waals surface area contributed by atoms with Gasteiger partial charge in [-0.3, -0.25) is 9.80 Å². The predicted molar refractivity (Wildman–Crippen MR) is 181 cm³/mol. The number of hydrogen-bond acceptors (Lipinski definition) is 12. The SMILES string of the molecule is CC(C)CN(Cc1ccc2c(c1)OCO2)C[C@H]1OC(C)(C)N(C(=O)O[C@H]2CO[C@H]3OCC[C@H]32)[C@H]1Cc1ccc(OCc2nnsc2Cl)cc1. The molecule has 0 unspecified atom stereocenters. The number of ether oxygens (including phenoxy) is 7. The van der Waals surface area contributed by atoms with Gasteiger partial charge in [-0.1, -0.05) is 48.1 Å². The molecule has 2 aromatic carbocycles. The van der Waals surface area contributed by atoms with Crippen LogP contribution < -0.4 is 14.2 Å². The van der Waals surface area contributed by atoms with Gasteiger partial charge in [0.25, 0.3) is 0 Å². The molecule has 1 aromatic heterocycles. The van der Waals surface area contributed by atoms with E-state index in [1.807, 2.05) is 50.2 Å². The van der Waals surface area contributed by atoms with Gasteiger partial charge in [0.1, 0.15) is 34.2 Å². The Kier molecular flexibility index (Phi) is 10.2. The van der Waals surface area contributed by atoms with Crippen molar-refractivity contribution in [2.75, 3.05) is 33.1 Å². The predicted octanol–water partition coefficient (Wildman–Crippen LogP) is 5.90. The highest BCUT2D eigenvalue weighted by Crippen LogP contribution is 2.39. The fourth-order valence-electron chi connectivity index (χ4n) is 7.21. The van der Waals surface area contributed by atoms with E-state index in [1.54, 1.807) is 4.90 Å². The number of amides is 1. The van der Waals surface area contributed by atoms with Gasteiger partial charge in [0.2, 0.25) is 6.79 Å². The minimum Gasteiger partial charge on any atom is -0.487 e. The third kappa shape index (κ3) is 7.77. The third-order valence-electron chi connectivity index (χ3n) is 9.37. The summed E-state index contributed by atoms with van der Waals surface area (Å²) in [5, 5.41) is 4.02. The lowest BCUT2D eigenvalue weighted by Crippen LogP contribution is -2.51. The molecule has 5 atom stereocenters. The molecule has 0 bridgehead atoms. The molecule has 0 saturated carbocycles. The van der Waals surface area contributed by atoms with Gasteiger partial charge in [-0.15, -0.1) is 5.10 Å². The first-order valence-electron chi connectivity index (χ1n) is 16.8. The molecule has 4 aliphatic rings. The summed E-state index contributed by atoms with van der Waals surface area (Å²) < 4.78 is 45.9. The van der Waals surface area contributed by atoms with Gasteiger partial charge in [0.15, 0.2) is 17.8 Å². The van der Waals surface area contributed by atoms with E-state index in [0.29, 0.717) is 54.4 Å². The summed E-state index contributed by atoms with van der Waals surface area (Å²) in [7, 11) is 0. The van der Waals surface area contributed by atoms with Gasteiger partial charge >= 0.3 is 6.09 Å². The molecule has 1 amide bonds. The highest BCUT2D eigenvalue weighted by Gasteiger charge is 2.52. The van der Waals surface area contributed by atoms with Crippen molar-refractivity contribution in [3.8, 4) is 17.2 Å². The molecule has 14 heteroatoms. The van der Waals surface area contributed by atoms with Crippen LogP contribution in [0.3, 0.4) is 0 Å². The molecule has 12 nitrogen and oxygen atoms in total. The van der Waals surface area contributed by atoms with E-state index >= 15 is 0 Å². The van der Waals surface area contributed by atoms with Crippen molar-refractivity contribution in [3.05, 3.63) is 63.6 Å². The van der Waals surface area contributed by atoms with Gasteiger partial charge < -0.3 is 33.2 Å². The number of fused-ring (bicyclic) bond motifs is 2. The van der Waals surface area contributed by atoms with E-state index < -0.39 is 11.8 Å². The van der Waals surface area contributed by atoms with Crippen LogP contribution in [-0.2, 0) is 38.5 Å². The average molecular weight is 715 g/mol. The van der Waals surface area contributed by atoms with Crippen LogP contribution in [0, 0.1) is 11.8 Å². The Morgan fingerprint density at radius 1 is 1.12 bits per heavy atom. The summed E-state index contributed by atoms with van der Waals surface area (Å²) in [5.41, 5.74) is 1.85. The second-order valence-corrected chi connectivity index (χ2v) is 15.2. The van der Waals surface area contributed by atoms with Crippen molar-refractivity contribution in [2.45, 2.75) is 84.0 Å². The molecular weight excluding hydrogens is 672 g/mol. The lowest BCUT2D eigenvalue weighted by atomic mass is 9.99. The Bertz CT molecular complexity index is 1610. The van der Waals surface area contributed by atoms with Crippen LogP contribution in [0.2, 0.25) is 4.34 Å². The number of aromatic nitrogens is 2. The van der Waals surface area contributed by atoms with Gasteiger partial charge in [0.05, 0.1) is 31.3 Å². The summed E-state index contributed by atoms with van der Waals surface area (Å²) in [4.78, 5) is 18.3. The van der Waals surface area contributed by atoms with E-state index in [4.69, 9.17) is 44.8 Å². The molecule has 264 valence electrons. The van der Waals surface area contributed by atoms with E-state index in [1.165, 1.54) is 0 Å². The first kappa shape index (κ1) is 34.3. The molecule has 0 aliphatic carbocycles. The zero-order valence-corrected chi connectivity index (χ0v) is 29.8. The van der Waals surface area contributed by atoms with E-state index in [9.17, 15) is 4.79 Å². The second kappa shape index (κ2) is 14.6. The lowest BCUT2D eigenvalue weighted by Gasteiger charge is -2.34. The smallest absolute Gasteiger partial charge is 0.412 e. The van der Waals surface area contributed by atoms with Crippen LogP contribution in [0.15, 0.2) is 42.5 Å². The average Bonchev–Trinajstić information content (AvgIpc) is 3.88. The summed E-state index contributed by atoms with van der Waals surface area (Å²) in [6, 6.07) is 13.7. The number of nitrogens with zero attached hydrogens (tertiary/aromatic N) is 4. The van der Waals surface area contributed by atoms with Crippen LogP contribution in [-0.4, -0.2) is 88.8 Å². The number of carbonyl (C=O) groups excluding carboxylic acids is 1. The van der Waals surface area contributed by atoms with Crippen LogP contribution in [0.25, 0.3) is 0 Å². The molecule has 3 fully saturated rings. The maximum atomic E-state index is 14.1. The van der Waals surface area contributed by atoms with Crippen LogP contribution in [0.5, 0.6) is 17.2 Å². The van der Waals surface area contributed by atoms with Crippen molar-refractivity contribution in [2.24, 2.45) is 11.8 Å². The van der Waals surface area contributed by atoms with Gasteiger partial charge in [-0.05, 0) is 68.0 Å². The first-order chi connectivity index (χ1) is 23.6. The molecule has 3 aromatic rings. The number of halogens is 1. The van der Waals surface area contributed by atoms with E-state index in [-0.39, 0.29) is 43.9 Å². The lowest BCUT2D eigenvalue weighted by molar-refractivity contribution is -0.0912. The molecular formula is C35H43ClN4O8S. The topological polar surface area (TPSA) is 114 Å². The molecule has 49 heavy (non-hydrogen) atoms. The van der Waals surface area contributed by atoms with Crippen molar-refractivity contribution >= 4 is 29.2 Å². The molecule has 0 N–H and O–H groups in total. The number of rotatable bonds is 12. The minimum absolute atomic E-state index is 0.0375. The maximum absolute atomic E-state index is 14.1. The highest BCUT2D eigenvalue weighted by atomic mass is 35.5. The van der Waals surface area contributed by atoms with E-state index in [0.717, 1.165) is 47.1 Å². The third-order valence-corrected chi connectivity index (χ3v) is 10.4. The number of hydrogen-bond donors (Lipinski definition) is 0. The Labute approximate surface area is 295 Å².